The Hall–Kier alpha value is -4.51. The summed E-state index contributed by atoms with van der Waals surface area (Å²) in [6.07, 6.45) is 0. The molecule has 9 rings (SSSR count). The molecule has 0 amide bonds. The Kier molecular flexibility index (Phi) is 4.39. The van der Waals surface area contributed by atoms with Crippen molar-refractivity contribution in [1.82, 2.24) is 9.55 Å². The highest BCUT2D eigenvalue weighted by atomic mass is 32.1. The van der Waals surface area contributed by atoms with Crippen LogP contribution < -0.4 is 0 Å². The molecule has 3 aromatic heterocycles. The van der Waals surface area contributed by atoms with E-state index in [0.717, 1.165) is 10.6 Å². The lowest BCUT2D eigenvalue weighted by Gasteiger charge is -2.06. The Morgan fingerprint density at radius 2 is 1.33 bits per heavy atom. The van der Waals surface area contributed by atoms with Crippen molar-refractivity contribution in [3.05, 3.63) is 121 Å². The van der Waals surface area contributed by atoms with E-state index in [2.05, 4.69) is 126 Å². The molecule has 0 bridgehead atoms. The summed E-state index contributed by atoms with van der Waals surface area (Å²) in [6.45, 7) is 0. The van der Waals surface area contributed by atoms with Gasteiger partial charge >= 0.3 is 0 Å². The molecule has 0 radical (unpaired) electrons. The van der Waals surface area contributed by atoms with Crippen molar-refractivity contribution in [2.45, 2.75) is 0 Å². The van der Waals surface area contributed by atoms with Gasteiger partial charge in [0.25, 0.3) is 0 Å². The minimum Gasteiger partial charge on any atom is -0.285 e. The summed E-state index contributed by atoms with van der Waals surface area (Å²) in [5, 5.41) is 8.67. The molecule has 0 aliphatic carbocycles. The normalized spacial score (nSPS) is 12.1. The fraction of sp³-hybridized carbons (Fsp3) is 0. The first kappa shape index (κ1) is 21.4. The Morgan fingerprint density at radius 1 is 0.538 bits per heavy atom. The van der Waals surface area contributed by atoms with Crippen molar-refractivity contribution in [2.75, 3.05) is 0 Å². The van der Waals surface area contributed by atoms with Gasteiger partial charge in [-0.3, -0.25) is 4.57 Å². The Labute approximate surface area is 232 Å². The van der Waals surface area contributed by atoms with Gasteiger partial charge in [0.15, 0.2) is 5.13 Å². The number of benzene rings is 6. The van der Waals surface area contributed by atoms with Crippen LogP contribution in [0.1, 0.15) is 0 Å². The molecular formula is C35H20N2S2. The van der Waals surface area contributed by atoms with Gasteiger partial charge in [-0.2, -0.15) is 0 Å². The zero-order chi connectivity index (χ0) is 25.5. The van der Waals surface area contributed by atoms with Crippen LogP contribution in [0.2, 0.25) is 0 Å². The van der Waals surface area contributed by atoms with Crippen molar-refractivity contribution < 1.29 is 0 Å². The molecule has 0 aliphatic heterocycles. The van der Waals surface area contributed by atoms with E-state index in [1.807, 2.05) is 11.3 Å². The third kappa shape index (κ3) is 3.04. The minimum absolute atomic E-state index is 1.01. The second-order valence-corrected chi connectivity index (χ2v) is 12.1. The summed E-state index contributed by atoms with van der Waals surface area (Å²) in [7, 11) is 0. The van der Waals surface area contributed by atoms with Crippen molar-refractivity contribution >= 4 is 85.6 Å². The molecule has 182 valence electrons. The fourth-order valence-electron chi connectivity index (χ4n) is 6.10. The van der Waals surface area contributed by atoms with Crippen LogP contribution in [0.5, 0.6) is 0 Å². The van der Waals surface area contributed by atoms with Gasteiger partial charge in [0.2, 0.25) is 0 Å². The first-order valence-corrected chi connectivity index (χ1v) is 14.7. The number of aromatic nitrogens is 2. The molecule has 0 N–H and O–H groups in total. The number of hydrogen-bond acceptors (Lipinski definition) is 3. The molecule has 0 atom stereocenters. The number of thiophene rings is 1. The second kappa shape index (κ2) is 8.00. The maximum atomic E-state index is 5.26. The van der Waals surface area contributed by atoms with Crippen LogP contribution >= 0.6 is 22.7 Å². The number of hydrogen-bond donors (Lipinski definition) is 0. The average Bonchev–Trinajstić information content (AvgIpc) is 3.67. The predicted molar refractivity (Wildman–Crippen MR) is 170 cm³/mol. The highest BCUT2D eigenvalue weighted by Crippen LogP contribution is 2.44. The molecule has 0 spiro atoms. The molecule has 0 fully saturated rings. The van der Waals surface area contributed by atoms with Crippen LogP contribution in [0.15, 0.2) is 121 Å². The first-order valence-electron chi connectivity index (χ1n) is 13.1. The molecule has 9 aromatic rings. The highest BCUT2D eigenvalue weighted by molar-refractivity contribution is 7.28. The lowest BCUT2D eigenvalue weighted by Crippen LogP contribution is -1.92. The predicted octanol–water partition coefficient (Wildman–Crippen LogP) is 10.6. The zero-order valence-electron chi connectivity index (χ0n) is 20.8. The maximum absolute atomic E-state index is 5.26. The van der Waals surface area contributed by atoms with Gasteiger partial charge in [-0.25, -0.2) is 4.98 Å². The molecule has 4 heteroatoms. The summed E-state index contributed by atoms with van der Waals surface area (Å²) in [5.74, 6) is 0. The Bertz CT molecular complexity index is 2390. The van der Waals surface area contributed by atoms with E-state index in [0.29, 0.717) is 0 Å². The monoisotopic (exact) mass is 532 g/mol. The van der Waals surface area contributed by atoms with Gasteiger partial charge in [-0.05, 0) is 58.3 Å². The van der Waals surface area contributed by atoms with E-state index in [1.165, 1.54) is 68.6 Å². The third-order valence-corrected chi connectivity index (χ3v) is 10.0. The standard InChI is InChI=1S/C35H20N2S2/c1-2-9-21(10-3-1)24-14-8-15-28-32(24)26-19-22-11-4-5-12-23(22)20-29(26)37(28)35-36-27-17-18-31-33(34(27)39-35)25-13-6-7-16-30(25)38-31/h1-20H. The smallest absolute Gasteiger partial charge is 0.195 e. The highest BCUT2D eigenvalue weighted by Gasteiger charge is 2.20. The minimum atomic E-state index is 1.01. The molecule has 6 aromatic carbocycles. The Balaban J connectivity index is 1.43. The van der Waals surface area contributed by atoms with E-state index in [1.54, 1.807) is 11.3 Å². The summed E-state index contributed by atoms with van der Waals surface area (Å²) in [6, 6.07) is 43.9. The van der Waals surface area contributed by atoms with Crippen molar-refractivity contribution in [3.63, 3.8) is 0 Å². The van der Waals surface area contributed by atoms with Crippen molar-refractivity contribution in [2.24, 2.45) is 0 Å². The first-order chi connectivity index (χ1) is 19.3. The Morgan fingerprint density at radius 3 is 2.23 bits per heavy atom. The van der Waals surface area contributed by atoms with Crippen molar-refractivity contribution in [3.8, 4) is 16.3 Å². The SMILES string of the molecule is c1ccc(-c2cccc3c2c2cc4ccccc4cc2n3-c2nc3ccc4sc5ccccc5c4c3s2)cc1. The molecule has 0 saturated heterocycles. The second-order valence-electron chi connectivity index (χ2n) is 10.00. The fourth-order valence-corrected chi connectivity index (χ4v) is 8.43. The number of rotatable bonds is 2. The molecule has 2 nitrogen and oxygen atoms in total. The average molecular weight is 533 g/mol. The summed E-state index contributed by atoms with van der Waals surface area (Å²) in [4.78, 5) is 5.26. The van der Waals surface area contributed by atoms with E-state index in [4.69, 9.17) is 4.98 Å². The third-order valence-electron chi connectivity index (χ3n) is 7.82. The van der Waals surface area contributed by atoms with Crippen LogP contribution in [0, 0.1) is 0 Å². The molecule has 3 heterocycles. The van der Waals surface area contributed by atoms with Gasteiger partial charge < -0.3 is 0 Å². The van der Waals surface area contributed by atoms with E-state index in [9.17, 15) is 0 Å². The lowest BCUT2D eigenvalue weighted by molar-refractivity contribution is 1.15. The number of thiazole rings is 1. The molecule has 0 unspecified atom stereocenters. The molecular weight excluding hydrogens is 513 g/mol. The van der Waals surface area contributed by atoms with E-state index < -0.39 is 0 Å². The van der Waals surface area contributed by atoms with Gasteiger partial charge in [0.05, 0.1) is 21.3 Å². The van der Waals surface area contributed by atoms with Gasteiger partial charge in [-0.1, -0.05) is 96.3 Å². The largest absolute Gasteiger partial charge is 0.285 e. The van der Waals surface area contributed by atoms with Crippen LogP contribution in [0.4, 0.5) is 0 Å². The molecule has 39 heavy (non-hydrogen) atoms. The van der Waals surface area contributed by atoms with Gasteiger partial charge in [0.1, 0.15) is 0 Å². The summed E-state index contributed by atoms with van der Waals surface area (Å²) < 4.78 is 6.29. The van der Waals surface area contributed by atoms with Crippen molar-refractivity contribution in [1.29, 1.82) is 0 Å². The van der Waals surface area contributed by atoms with Crippen LogP contribution in [0.3, 0.4) is 0 Å². The maximum Gasteiger partial charge on any atom is 0.195 e. The number of nitrogens with zero attached hydrogens (tertiary/aromatic N) is 2. The quantitative estimate of drug-likeness (QED) is 0.216. The van der Waals surface area contributed by atoms with Crippen LogP contribution in [-0.2, 0) is 0 Å². The van der Waals surface area contributed by atoms with Crippen LogP contribution in [-0.4, -0.2) is 9.55 Å². The van der Waals surface area contributed by atoms with Gasteiger partial charge in [0, 0.05) is 30.9 Å². The zero-order valence-corrected chi connectivity index (χ0v) is 22.4. The van der Waals surface area contributed by atoms with Crippen LogP contribution in [0.25, 0.3) is 79.2 Å². The van der Waals surface area contributed by atoms with Gasteiger partial charge in [-0.15, -0.1) is 11.3 Å². The summed E-state index contributed by atoms with van der Waals surface area (Å²) >= 11 is 3.66. The topological polar surface area (TPSA) is 17.8 Å². The molecule has 0 aliphatic rings. The summed E-state index contributed by atoms with van der Waals surface area (Å²) in [5.41, 5.74) is 5.91. The molecule has 0 saturated carbocycles. The lowest BCUT2D eigenvalue weighted by atomic mass is 9.98. The van der Waals surface area contributed by atoms with E-state index >= 15 is 0 Å². The number of fused-ring (bicyclic) bond motifs is 9. The van der Waals surface area contributed by atoms with E-state index in [-0.39, 0.29) is 0 Å².